The predicted molar refractivity (Wildman–Crippen MR) is 173 cm³/mol. The molecule has 0 fully saturated rings. The van der Waals surface area contributed by atoms with Crippen LogP contribution in [0.5, 0.6) is 11.5 Å². The number of unbranched alkanes of at least 4 members (excludes halogenated alkanes) is 4. The van der Waals surface area contributed by atoms with Gasteiger partial charge in [0.2, 0.25) is 0 Å². The van der Waals surface area contributed by atoms with E-state index in [-0.39, 0.29) is 22.3 Å². The van der Waals surface area contributed by atoms with Gasteiger partial charge in [-0.3, -0.25) is 0 Å². The third-order valence-electron chi connectivity index (χ3n) is 8.06. The molecule has 0 aromatic heterocycles. The van der Waals surface area contributed by atoms with E-state index in [1.54, 1.807) is 12.1 Å². The quantitative estimate of drug-likeness (QED) is 0.0898. The van der Waals surface area contributed by atoms with Crippen molar-refractivity contribution in [2.75, 3.05) is 0 Å². The van der Waals surface area contributed by atoms with Crippen molar-refractivity contribution in [3.8, 4) is 44.9 Å². The first kappa shape index (κ1) is 36.4. The molecule has 262 valence electrons. The molecule has 0 spiro atoms. The van der Waals surface area contributed by atoms with Crippen molar-refractivity contribution in [2.45, 2.75) is 57.9 Å². The van der Waals surface area contributed by atoms with Crippen molar-refractivity contribution in [1.29, 1.82) is 0 Å². The third-order valence-corrected chi connectivity index (χ3v) is 8.06. The van der Waals surface area contributed by atoms with Gasteiger partial charge in [0.1, 0.15) is 28.8 Å². The summed E-state index contributed by atoms with van der Waals surface area (Å²) in [6.45, 7) is 2.14. The number of hydrogen-bond acceptors (Lipinski definition) is 2. The molecule has 11 heteroatoms. The Bertz CT molecular complexity index is 1900. The molecular formula is C39H31F9O2. The number of benzene rings is 5. The van der Waals surface area contributed by atoms with Crippen molar-refractivity contribution < 1.29 is 49.0 Å². The predicted octanol–water partition coefficient (Wildman–Crippen LogP) is 12.8. The molecule has 5 aromatic rings. The molecule has 50 heavy (non-hydrogen) atoms. The summed E-state index contributed by atoms with van der Waals surface area (Å²) in [5, 5.41) is 0. The maximum Gasteiger partial charge on any atom is 0.573 e. The Balaban J connectivity index is 1.26. The summed E-state index contributed by atoms with van der Waals surface area (Å²) in [6.07, 6.45) is -2.99. The van der Waals surface area contributed by atoms with Gasteiger partial charge in [0.15, 0.2) is 11.6 Å². The van der Waals surface area contributed by atoms with Crippen LogP contribution in [0, 0.1) is 23.3 Å². The van der Waals surface area contributed by atoms with E-state index in [0.29, 0.717) is 17.2 Å². The number of halogens is 9. The highest BCUT2D eigenvalue weighted by Gasteiger charge is 2.41. The zero-order chi connectivity index (χ0) is 36.1. The van der Waals surface area contributed by atoms with Gasteiger partial charge in [-0.2, -0.15) is 8.78 Å². The summed E-state index contributed by atoms with van der Waals surface area (Å²) in [5.74, 6) is -6.67. The number of hydrogen-bond donors (Lipinski definition) is 0. The van der Waals surface area contributed by atoms with E-state index in [4.69, 9.17) is 4.74 Å². The molecule has 0 aliphatic heterocycles. The van der Waals surface area contributed by atoms with E-state index in [1.807, 2.05) is 12.1 Å². The third kappa shape index (κ3) is 8.99. The molecule has 2 nitrogen and oxygen atoms in total. The largest absolute Gasteiger partial charge is 0.573 e. The lowest BCUT2D eigenvalue weighted by Gasteiger charge is -2.20. The summed E-state index contributed by atoms with van der Waals surface area (Å²) in [5.41, 5.74) is 0.515. The normalized spacial score (nSPS) is 11.9. The van der Waals surface area contributed by atoms with Crippen LogP contribution in [0.2, 0.25) is 0 Å². The Morgan fingerprint density at radius 2 is 1.04 bits per heavy atom. The molecule has 0 heterocycles. The Hall–Kier alpha value is -4.93. The molecule has 0 radical (unpaired) electrons. The highest BCUT2D eigenvalue weighted by molar-refractivity contribution is 5.72. The minimum atomic E-state index is -5.11. The fourth-order valence-corrected chi connectivity index (χ4v) is 5.53. The molecule has 5 rings (SSSR count). The van der Waals surface area contributed by atoms with Crippen LogP contribution in [0.15, 0.2) is 97.1 Å². The number of alkyl halides is 5. The maximum absolute atomic E-state index is 15.1. The minimum Gasteiger partial charge on any atom is -0.429 e. The lowest BCUT2D eigenvalue weighted by atomic mass is 9.99. The Morgan fingerprint density at radius 1 is 0.500 bits per heavy atom. The zero-order valence-electron chi connectivity index (χ0n) is 26.7. The monoisotopic (exact) mass is 702 g/mol. The average molecular weight is 703 g/mol. The summed E-state index contributed by atoms with van der Waals surface area (Å²) in [7, 11) is 0. The van der Waals surface area contributed by atoms with Crippen LogP contribution in [-0.2, 0) is 12.5 Å². The molecule has 0 amide bonds. The first-order valence-electron chi connectivity index (χ1n) is 15.9. The van der Waals surface area contributed by atoms with Crippen molar-refractivity contribution in [1.82, 2.24) is 0 Å². The van der Waals surface area contributed by atoms with Gasteiger partial charge in [-0.05, 0) is 88.7 Å². The van der Waals surface area contributed by atoms with Crippen molar-refractivity contribution in [3.05, 3.63) is 131 Å². The standard InChI is InChI=1S/C39H31F9O2/c1-2-3-4-5-6-7-24-8-10-26(11-9-24)29-22-34(42)37(35(43)23-29)38(44,45)49-30-16-12-25(13-17-30)27-14-18-31(32(40)20-27)28-15-19-36(33(41)21-28)50-39(46,47)48/h8-23H,2-7H2,1H3. The molecule has 0 atom stereocenters. The number of rotatable bonds is 13. The SMILES string of the molecule is CCCCCCCc1ccc(-c2cc(F)c(C(F)(F)Oc3ccc(-c4ccc(-c5ccc(OC(F)(F)F)c(F)c5)c(F)c4)cc3)c(F)c2)cc1. The molecule has 0 saturated carbocycles. The summed E-state index contributed by atoms with van der Waals surface area (Å²) >= 11 is 0. The Labute approximate surface area is 283 Å². The van der Waals surface area contributed by atoms with Gasteiger partial charge in [-0.15, -0.1) is 13.2 Å². The fraction of sp³-hybridized carbons (Fsp3) is 0.231. The average Bonchev–Trinajstić information content (AvgIpc) is 3.05. The van der Waals surface area contributed by atoms with Crippen LogP contribution < -0.4 is 9.47 Å². The smallest absolute Gasteiger partial charge is 0.429 e. The van der Waals surface area contributed by atoms with Crippen LogP contribution in [0.1, 0.15) is 50.2 Å². The Kier molecular flexibility index (Phi) is 11.1. The van der Waals surface area contributed by atoms with E-state index in [1.165, 1.54) is 30.7 Å². The van der Waals surface area contributed by atoms with Gasteiger partial charge >= 0.3 is 12.5 Å². The van der Waals surface area contributed by atoms with E-state index in [0.717, 1.165) is 80.1 Å². The number of ether oxygens (including phenoxy) is 2. The highest BCUT2D eigenvalue weighted by Crippen LogP contribution is 2.38. The summed E-state index contributed by atoms with van der Waals surface area (Å²) in [6, 6.07) is 19.8. The zero-order valence-corrected chi connectivity index (χ0v) is 26.7. The van der Waals surface area contributed by atoms with Gasteiger partial charge in [0, 0.05) is 5.56 Å². The van der Waals surface area contributed by atoms with Crippen LogP contribution in [0.3, 0.4) is 0 Å². The molecule has 0 N–H and O–H groups in total. The second kappa shape index (κ2) is 15.3. The second-order valence-corrected chi connectivity index (χ2v) is 11.7. The maximum atomic E-state index is 15.1. The fourth-order valence-electron chi connectivity index (χ4n) is 5.53. The van der Waals surface area contributed by atoms with Crippen LogP contribution in [0.4, 0.5) is 39.5 Å². The first-order chi connectivity index (χ1) is 23.7. The van der Waals surface area contributed by atoms with Gasteiger partial charge in [-0.1, -0.05) is 87.2 Å². The van der Waals surface area contributed by atoms with E-state index in [2.05, 4.69) is 11.7 Å². The van der Waals surface area contributed by atoms with Crippen LogP contribution in [-0.4, -0.2) is 6.36 Å². The molecule has 0 aliphatic rings. The lowest BCUT2D eigenvalue weighted by molar-refractivity contribution is -0.275. The topological polar surface area (TPSA) is 18.5 Å². The van der Waals surface area contributed by atoms with Gasteiger partial charge in [-0.25, -0.2) is 17.6 Å². The minimum absolute atomic E-state index is 0.0547. The molecule has 5 aromatic carbocycles. The Morgan fingerprint density at radius 3 is 1.64 bits per heavy atom. The van der Waals surface area contributed by atoms with Crippen molar-refractivity contribution in [2.24, 2.45) is 0 Å². The van der Waals surface area contributed by atoms with Gasteiger partial charge < -0.3 is 9.47 Å². The summed E-state index contributed by atoms with van der Waals surface area (Å²) in [4.78, 5) is 0. The van der Waals surface area contributed by atoms with Crippen LogP contribution >= 0.6 is 0 Å². The first-order valence-corrected chi connectivity index (χ1v) is 15.9. The molecule has 0 bridgehead atoms. The number of aryl methyl sites for hydroxylation is 1. The molecular weight excluding hydrogens is 671 g/mol. The van der Waals surface area contributed by atoms with Crippen LogP contribution in [0.25, 0.3) is 33.4 Å². The van der Waals surface area contributed by atoms with Gasteiger partial charge in [0.25, 0.3) is 0 Å². The van der Waals surface area contributed by atoms with E-state index in [9.17, 15) is 22.0 Å². The molecule has 0 unspecified atom stereocenters. The van der Waals surface area contributed by atoms with E-state index < -0.39 is 52.8 Å². The lowest BCUT2D eigenvalue weighted by Crippen LogP contribution is -2.25. The van der Waals surface area contributed by atoms with Crippen molar-refractivity contribution >= 4 is 0 Å². The molecule has 0 saturated heterocycles. The van der Waals surface area contributed by atoms with Crippen molar-refractivity contribution in [3.63, 3.8) is 0 Å². The van der Waals surface area contributed by atoms with Gasteiger partial charge in [0.05, 0.1) is 0 Å². The second-order valence-electron chi connectivity index (χ2n) is 11.7. The van der Waals surface area contributed by atoms with E-state index >= 15 is 17.6 Å². The molecule has 0 aliphatic carbocycles. The summed E-state index contributed by atoms with van der Waals surface area (Å²) < 4.78 is 135. The highest BCUT2D eigenvalue weighted by atomic mass is 19.4.